The number of rotatable bonds is 9. The van der Waals surface area contributed by atoms with E-state index in [2.05, 4.69) is 24.2 Å². The number of carbonyl (C=O) groups excluding carboxylic acids is 1. The van der Waals surface area contributed by atoms with Gasteiger partial charge < -0.3 is 15.0 Å². The third kappa shape index (κ3) is 3.48. The summed E-state index contributed by atoms with van der Waals surface area (Å²) >= 11 is 0. The normalized spacial score (nSPS) is 22.3. The lowest BCUT2D eigenvalue weighted by Gasteiger charge is -2.36. The molecule has 0 heterocycles. The molecule has 1 atom stereocenters. The first kappa shape index (κ1) is 14.8. The Morgan fingerprint density at radius 3 is 2.47 bits per heavy atom. The maximum Gasteiger partial charge on any atom is 0.327 e. The molecule has 19 heavy (non-hydrogen) atoms. The second-order valence-electron chi connectivity index (χ2n) is 6.04. The summed E-state index contributed by atoms with van der Waals surface area (Å²) in [7, 11) is 2.14. The molecule has 0 aliphatic heterocycles. The maximum atomic E-state index is 12.5. The van der Waals surface area contributed by atoms with Gasteiger partial charge in [-0.25, -0.2) is 4.79 Å². The summed E-state index contributed by atoms with van der Waals surface area (Å²) in [6.07, 6.45) is 5.88. The number of nitrogens with zero attached hydrogens (tertiary/aromatic N) is 1. The SMILES string of the molecule is CCCNC(CN(C)C1CC1)(C(=O)OCC)C1CC1. The number of hydrogen-bond acceptors (Lipinski definition) is 4. The van der Waals surface area contributed by atoms with Gasteiger partial charge in [-0.15, -0.1) is 0 Å². The lowest BCUT2D eigenvalue weighted by atomic mass is 9.92. The molecule has 2 fully saturated rings. The highest BCUT2D eigenvalue weighted by Gasteiger charge is 2.53. The molecule has 0 aromatic rings. The van der Waals surface area contributed by atoms with Gasteiger partial charge in [-0.1, -0.05) is 6.92 Å². The van der Waals surface area contributed by atoms with Crippen molar-refractivity contribution in [1.29, 1.82) is 0 Å². The van der Waals surface area contributed by atoms with Crippen molar-refractivity contribution >= 4 is 5.97 Å². The van der Waals surface area contributed by atoms with E-state index in [-0.39, 0.29) is 5.97 Å². The highest BCUT2D eigenvalue weighted by Crippen LogP contribution is 2.42. The Morgan fingerprint density at radius 1 is 1.32 bits per heavy atom. The van der Waals surface area contributed by atoms with Gasteiger partial charge in [-0.2, -0.15) is 0 Å². The van der Waals surface area contributed by atoms with Crippen molar-refractivity contribution in [2.45, 2.75) is 57.5 Å². The summed E-state index contributed by atoms with van der Waals surface area (Å²) in [5, 5.41) is 3.53. The summed E-state index contributed by atoms with van der Waals surface area (Å²) in [5.74, 6) is 0.415. The van der Waals surface area contributed by atoms with Crippen molar-refractivity contribution in [2.75, 3.05) is 26.7 Å². The first-order valence-corrected chi connectivity index (χ1v) is 7.76. The van der Waals surface area contributed by atoms with Gasteiger partial charge in [0.25, 0.3) is 0 Å². The molecule has 110 valence electrons. The van der Waals surface area contributed by atoms with E-state index in [1.165, 1.54) is 12.8 Å². The summed E-state index contributed by atoms with van der Waals surface area (Å²) < 4.78 is 5.38. The zero-order valence-electron chi connectivity index (χ0n) is 12.6. The highest BCUT2D eigenvalue weighted by atomic mass is 16.5. The first-order valence-electron chi connectivity index (χ1n) is 7.76. The molecule has 2 aliphatic rings. The average Bonchev–Trinajstić information content (AvgIpc) is 3.26. The van der Waals surface area contributed by atoms with E-state index < -0.39 is 5.54 Å². The molecule has 0 aromatic heterocycles. The monoisotopic (exact) mass is 268 g/mol. The van der Waals surface area contributed by atoms with E-state index in [0.717, 1.165) is 32.4 Å². The Labute approximate surface area is 116 Å². The van der Waals surface area contributed by atoms with Gasteiger partial charge >= 0.3 is 5.97 Å². The fraction of sp³-hybridized carbons (Fsp3) is 0.933. The topological polar surface area (TPSA) is 41.6 Å². The summed E-state index contributed by atoms with van der Waals surface area (Å²) in [5.41, 5.74) is -0.469. The minimum Gasteiger partial charge on any atom is -0.465 e. The van der Waals surface area contributed by atoms with E-state index in [1.807, 2.05) is 6.92 Å². The number of carbonyl (C=O) groups is 1. The van der Waals surface area contributed by atoms with Crippen LogP contribution in [-0.4, -0.2) is 49.2 Å². The standard InChI is InChI=1S/C15H28N2O2/c1-4-10-16-15(12-6-7-12,14(18)19-5-2)11-17(3)13-8-9-13/h12-13,16H,4-11H2,1-3H3. The molecule has 4 heteroatoms. The fourth-order valence-electron chi connectivity index (χ4n) is 2.85. The molecular weight excluding hydrogens is 240 g/mol. The minimum absolute atomic E-state index is 0.0431. The van der Waals surface area contributed by atoms with Crippen LogP contribution in [0, 0.1) is 5.92 Å². The Kier molecular flexibility index (Phi) is 4.85. The van der Waals surface area contributed by atoms with Crippen molar-refractivity contribution in [3.8, 4) is 0 Å². The molecule has 0 saturated heterocycles. The van der Waals surface area contributed by atoms with Crippen LogP contribution in [0.15, 0.2) is 0 Å². The lowest BCUT2D eigenvalue weighted by Crippen LogP contribution is -2.61. The molecule has 0 spiro atoms. The predicted octanol–water partition coefficient (Wildman–Crippen LogP) is 1.79. The minimum atomic E-state index is -0.469. The van der Waals surface area contributed by atoms with Crippen molar-refractivity contribution in [1.82, 2.24) is 10.2 Å². The van der Waals surface area contributed by atoms with Gasteiger partial charge in [-0.05, 0) is 58.5 Å². The van der Waals surface area contributed by atoms with Gasteiger partial charge in [-0.3, -0.25) is 0 Å². The Balaban J connectivity index is 2.09. The van der Waals surface area contributed by atoms with Crippen LogP contribution in [0.25, 0.3) is 0 Å². The van der Waals surface area contributed by atoms with Gasteiger partial charge in [0.2, 0.25) is 0 Å². The zero-order valence-corrected chi connectivity index (χ0v) is 12.6. The van der Waals surface area contributed by atoms with E-state index in [9.17, 15) is 4.79 Å². The molecule has 1 N–H and O–H groups in total. The third-order valence-electron chi connectivity index (χ3n) is 4.27. The Morgan fingerprint density at radius 2 is 2.00 bits per heavy atom. The molecule has 0 bridgehead atoms. The highest BCUT2D eigenvalue weighted by molar-refractivity contribution is 5.82. The lowest BCUT2D eigenvalue weighted by molar-refractivity contribution is -0.153. The predicted molar refractivity (Wildman–Crippen MR) is 76.0 cm³/mol. The molecule has 1 unspecified atom stereocenters. The van der Waals surface area contributed by atoms with E-state index in [4.69, 9.17) is 4.74 Å². The van der Waals surface area contributed by atoms with Gasteiger partial charge in [0.15, 0.2) is 0 Å². The summed E-state index contributed by atoms with van der Waals surface area (Å²) in [4.78, 5) is 14.9. The molecule has 2 saturated carbocycles. The van der Waals surface area contributed by atoms with Gasteiger partial charge in [0, 0.05) is 12.6 Å². The Bertz CT molecular complexity index is 313. The van der Waals surface area contributed by atoms with Crippen LogP contribution in [0.5, 0.6) is 0 Å². The molecular formula is C15H28N2O2. The van der Waals surface area contributed by atoms with Crippen LogP contribution < -0.4 is 5.32 Å². The van der Waals surface area contributed by atoms with Crippen molar-refractivity contribution < 1.29 is 9.53 Å². The fourth-order valence-corrected chi connectivity index (χ4v) is 2.85. The second kappa shape index (κ2) is 6.23. The molecule has 2 rings (SSSR count). The smallest absolute Gasteiger partial charge is 0.327 e. The summed E-state index contributed by atoms with van der Waals surface area (Å²) in [6.45, 7) is 6.17. The van der Waals surface area contributed by atoms with Gasteiger partial charge in [0.05, 0.1) is 6.61 Å². The number of likely N-dealkylation sites (N-methyl/N-ethyl adjacent to an activating group) is 1. The van der Waals surface area contributed by atoms with E-state index in [0.29, 0.717) is 18.6 Å². The molecule has 4 nitrogen and oxygen atoms in total. The largest absolute Gasteiger partial charge is 0.465 e. The summed E-state index contributed by atoms with van der Waals surface area (Å²) in [6, 6.07) is 0.677. The van der Waals surface area contributed by atoms with Crippen LogP contribution >= 0.6 is 0 Å². The van der Waals surface area contributed by atoms with Crippen molar-refractivity contribution in [2.24, 2.45) is 5.92 Å². The molecule has 0 radical (unpaired) electrons. The number of nitrogens with one attached hydrogen (secondary N) is 1. The van der Waals surface area contributed by atoms with E-state index in [1.54, 1.807) is 0 Å². The first-order chi connectivity index (χ1) is 9.14. The molecule has 0 aromatic carbocycles. The quantitative estimate of drug-likeness (QED) is 0.647. The molecule has 0 amide bonds. The van der Waals surface area contributed by atoms with Crippen LogP contribution in [0.4, 0.5) is 0 Å². The molecule has 2 aliphatic carbocycles. The van der Waals surface area contributed by atoms with Crippen LogP contribution in [-0.2, 0) is 9.53 Å². The maximum absolute atomic E-state index is 12.5. The number of ether oxygens (including phenoxy) is 1. The van der Waals surface area contributed by atoms with Gasteiger partial charge in [0.1, 0.15) is 5.54 Å². The number of hydrogen-bond donors (Lipinski definition) is 1. The third-order valence-corrected chi connectivity index (χ3v) is 4.27. The average molecular weight is 268 g/mol. The van der Waals surface area contributed by atoms with Crippen molar-refractivity contribution in [3.63, 3.8) is 0 Å². The Hall–Kier alpha value is -0.610. The van der Waals surface area contributed by atoms with Crippen LogP contribution in [0.1, 0.15) is 46.0 Å². The van der Waals surface area contributed by atoms with E-state index >= 15 is 0 Å². The van der Waals surface area contributed by atoms with Crippen molar-refractivity contribution in [3.05, 3.63) is 0 Å². The number of esters is 1. The second-order valence-corrected chi connectivity index (χ2v) is 6.04. The zero-order chi connectivity index (χ0) is 13.9. The van der Waals surface area contributed by atoms with Crippen LogP contribution in [0.2, 0.25) is 0 Å². The van der Waals surface area contributed by atoms with Crippen LogP contribution in [0.3, 0.4) is 0 Å².